The van der Waals surface area contributed by atoms with E-state index in [9.17, 15) is 8.42 Å². The Hall–Kier alpha value is -4.14. The molecule has 0 aliphatic heterocycles. The zero-order chi connectivity index (χ0) is 29.6. The third kappa shape index (κ3) is 6.61. The molecule has 0 amide bonds. The first-order valence-electron chi connectivity index (χ1n) is 12.7. The van der Waals surface area contributed by atoms with Gasteiger partial charge in [0, 0.05) is 37.5 Å². The zero-order valence-electron chi connectivity index (χ0n) is 23.7. The second-order valence-electron chi connectivity index (χ2n) is 9.20. The molecule has 0 bridgehead atoms. The highest BCUT2D eigenvalue weighted by Crippen LogP contribution is 2.38. The molecule has 4 aromatic rings. The number of para-hydroxylation sites is 1. The second-order valence-corrected chi connectivity index (χ2v) is 11.2. The fourth-order valence-corrected chi connectivity index (χ4v) is 5.19. The molecule has 3 aromatic heterocycles. The van der Waals surface area contributed by atoms with Crippen molar-refractivity contribution >= 4 is 16.0 Å². The summed E-state index contributed by atoms with van der Waals surface area (Å²) >= 11 is 0. The highest BCUT2D eigenvalue weighted by Gasteiger charge is 2.35. The summed E-state index contributed by atoms with van der Waals surface area (Å²) in [5, 5.41) is 7.42. The largest absolute Gasteiger partial charge is 0.494 e. The van der Waals surface area contributed by atoms with E-state index in [0.717, 1.165) is 11.1 Å². The molecule has 0 spiro atoms. The van der Waals surface area contributed by atoms with E-state index in [0.29, 0.717) is 28.6 Å². The lowest BCUT2D eigenvalue weighted by molar-refractivity contribution is 0.0119. The Bertz CT molecular complexity index is 1560. The lowest BCUT2D eigenvalue weighted by atomic mass is 10.2. The number of sulfonamides is 1. The molecule has 2 atom stereocenters. The van der Waals surface area contributed by atoms with Gasteiger partial charge in [0.15, 0.2) is 11.6 Å². The highest BCUT2D eigenvalue weighted by atomic mass is 32.2. The SMILES string of the molecule is COCCO[C@H](c1ncc(C)cn1)[C@@H](C)S(=O)(=O)Nc1nnc(-c2cncc(C)c2)n1-c1c(OC)cccc1OC. The van der Waals surface area contributed by atoms with E-state index in [2.05, 4.69) is 29.9 Å². The average Bonchev–Trinajstić information content (AvgIpc) is 3.37. The van der Waals surface area contributed by atoms with Crippen molar-refractivity contribution in [1.82, 2.24) is 29.7 Å². The second kappa shape index (κ2) is 13.0. The summed E-state index contributed by atoms with van der Waals surface area (Å²) in [6.45, 7) is 5.64. The molecule has 41 heavy (non-hydrogen) atoms. The van der Waals surface area contributed by atoms with Crippen LogP contribution in [0.15, 0.2) is 49.1 Å². The van der Waals surface area contributed by atoms with E-state index in [1.165, 1.54) is 32.8 Å². The third-order valence-corrected chi connectivity index (χ3v) is 7.90. The zero-order valence-corrected chi connectivity index (χ0v) is 24.5. The predicted octanol–water partition coefficient (Wildman–Crippen LogP) is 3.29. The van der Waals surface area contributed by atoms with Crippen molar-refractivity contribution in [3.05, 3.63) is 66.0 Å². The maximum absolute atomic E-state index is 13.9. The van der Waals surface area contributed by atoms with Gasteiger partial charge >= 0.3 is 0 Å². The quantitative estimate of drug-likeness (QED) is 0.231. The smallest absolute Gasteiger partial charge is 0.243 e. The van der Waals surface area contributed by atoms with Gasteiger partial charge in [-0.05, 0) is 50.1 Å². The van der Waals surface area contributed by atoms with Crippen LogP contribution in [0, 0.1) is 13.8 Å². The van der Waals surface area contributed by atoms with Crippen molar-refractivity contribution in [2.75, 3.05) is 39.3 Å². The van der Waals surface area contributed by atoms with Crippen LogP contribution in [0.5, 0.6) is 11.5 Å². The minimum Gasteiger partial charge on any atom is -0.494 e. The number of benzene rings is 1. The monoisotopic (exact) mass is 583 g/mol. The predicted molar refractivity (Wildman–Crippen MR) is 152 cm³/mol. The minimum atomic E-state index is -4.17. The summed E-state index contributed by atoms with van der Waals surface area (Å²) in [6, 6.07) is 7.08. The van der Waals surface area contributed by atoms with Crippen LogP contribution in [-0.2, 0) is 19.5 Å². The summed E-state index contributed by atoms with van der Waals surface area (Å²) in [7, 11) is 0.371. The van der Waals surface area contributed by atoms with E-state index in [1.807, 2.05) is 19.9 Å². The molecule has 218 valence electrons. The molecule has 3 heterocycles. The van der Waals surface area contributed by atoms with E-state index < -0.39 is 21.4 Å². The summed E-state index contributed by atoms with van der Waals surface area (Å²) in [4.78, 5) is 12.9. The van der Waals surface area contributed by atoms with E-state index in [1.54, 1.807) is 43.0 Å². The van der Waals surface area contributed by atoms with Gasteiger partial charge in [-0.25, -0.2) is 18.4 Å². The first-order chi connectivity index (χ1) is 19.7. The number of methoxy groups -OCH3 is 3. The van der Waals surface area contributed by atoms with Gasteiger partial charge in [0.2, 0.25) is 16.0 Å². The lowest BCUT2D eigenvalue weighted by Crippen LogP contribution is -2.34. The van der Waals surface area contributed by atoms with Crippen molar-refractivity contribution in [2.45, 2.75) is 32.1 Å². The molecule has 1 N–H and O–H groups in total. The molecule has 0 aliphatic rings. The average molecular weight is 584 g/mol. The molecular weight excluding hydrogens is 550 g/mol. The summed E-state index contributed by atoms with van der Waals surface area (Å²) < 4.78 is 54.1. The summed E-state index contributed by atoms with van der Waals surface area (Å²) in [5.74, 6) is 1.28. The molecule has 14 heteroatoms. The molecule has 0 aliphatic carbocycles. The number of aryl methyl sites for hydroxylation is 2. The highest BCUT2D eigenvalue weighted by molar-refractivity contribution is 7.93. The standard InChI is InChI=1S/C27H33N7O6S/c1-17-12-20(16-28-13-17)26-31-32-27(34(26)23-21(38-5)8-7-9-22(23)39-6)33-41(35,36)19(3)24(40-11-10-37-4)25-29-14-18(2)15-30-25/h7-9,12-16,19,24H,10-11H2,1-6H3,(H,32,33)/t19-,24+/m1/s1. The van der Waals surface area contributed by atoms with Gasteiger partial charge in [-0.15, -0.1) is 10.2 Å². The van der Waals surface area contributed by atoms with Crippen LogP contribution in [-0.4, -0.2) is 77.9 Å². The molecule has 0 radical (unpaired) electrons. The number of anilines is 1. The minimum absolute atomic E-state index is 0.0865. The molecular formula is C27H33N7O6S. The number of hydrogen-bond acceptors (Lipinski definition) is 11. The first-order valence-corrected chi connectivity index (χ1v) is 14.2. The Labute approximate surface area is 239 Å². The van der Waals surface area contributed by atoms with Gasteiger partial charge in [-0.3, -0.25) is 14.3 Å². The Kier molecular flexibility index (Phi) is 9.47. The molecule has 1 aromatic carbocycles. The van der Waals surface area contributed by atoms with Crippen LogP contribution in [0.3, 0.4) is 0 Å². The van der Waals surface area contributed by atoms with Crippen LogP contribution in [0.2, 0.25) is 0 Å². The Morgan fingerprint density at radius 3 is 2.22 bits per heavy atom. The number of ether oxygens (including phenoxy) is 4. The number of nitrogens with zero attached hydrogens (tertiary/aromatic N) is 6. The van der Waals surface area contributed by atoms with Crippen LogP contribution in [0.25, 0.3) is 17.1 Å². The third-order valence-electron chi connectivity index (χ3n) is 6.21. The van der Waals surface area contributed by atoms with Gasteiger partial charge in [0.1, 0.15) is 28.5 Å². The fourth-order valence-electron chi connectivity index (χ4n) is 4.09. The van der Waals surface area contributed by atoms with E-state index in [-0.39, 0.29) is 25.0 Å². The number of nitrogens with one attached hydrogen (secondary N) is 1. The van der Waals surface area contributed by atoms with Crippen LogP contribution in [0.1, 0.15) is 30.0 Å². The molecule has 4 rings (SSSR count). The lowest BCUT2D eigenvalue weighted by Gasteiger charge is -2.24. The molecule has 0 unspecified atom stereocenters. The van der Waals surface area contributed by atoms with E-state index >= 15 is 0 Å². The van der Waals surface area contributed by atoms with Crippen molar-refractivity contribution in [2.24, 2.45) is 0 Å². The maximum Gasteiger partial charge on any atom is 0.243 e. The number of pyridine rings is 1. The Morgan fingerprint density at radius 1 is 0.927 bits per heavy atom. The number of hydrogen-bond donors (Lipinski definition) is 1. The maximum atomic E-state index is 13.9. The molecule has 0 saturated heterocycles. The van der Waals surface area contributed by atoms with Crippen LogP contribution >= 0.6 is 0 Å². The van der Waals surface area contributed by atoms with Gasteiger partial charge in [0.25, 0.3) is 0 Å². The molecule has 13 nitrogen and oxygen atoms in total. The summed E-state index contributed by atoms with van der Waals surface area (Å²) in [5.41, 5.74) is 2.72. The van der Waals surface area contributed by atoms with Gasteiger partial charge in [0.05, 0.1) is 27.4 Å². The first kappa shape index (κ1) is 29.8. The van der Waals surface area contributed by atoms with Crippen molar-refractivity contribution < 1.29 is 27.4 Å². The van der Waals surface area contributed by atoms with Gasteiger partial charge in [-0.1, -0.05) is 6.07 Å². The molecule has 0 saturated carbocycles. The topological polar surface area (TPSA) is 152 Å². The Morgan fingerprint density at radius 2 is 1.61 bits per heavy atom. The summed E-state index contributed by atoms with van der Waals surface area (Å²) in [6.07, 6.45) is 5.53. The number of aromatic nitrogens is 6. The van der Waals surface area contributed by atoms with Crippen molar-refractivity contribution in [1.29, 1.82) is 0 Å². The van der Waals surface area contributed by atoms with Crippen molar-refractivity contribution in [3.63, 3.8) is 0 Å². The van der Waals surface area contributed by atoms with Crippen LogP contribution < -0.4 is 14.2 Å². The fraction of sp³-hybridized carbons (Fsp3) is 0.370. The number of rotatable bonds is 13. The normalized spacial score (nSPS) is 13.0. The van der Waals surface area contributed by atoms with Crippen LogP contribution in [0.4, 0.5) is 5.95 Å². The van der Waals surface area contributed by atoms with Crippen molar-refractivity contribution in [3.8, 4) is 28.6 Å². The van der Waals surface area contributed by atoms with E-state index in [4.69, 9.17) is 18.9 Å². The molecule has 0 fully saturated rings. The van der Waals surface area contributed by atoms with Gasteiger partial charge < -0.3 is 18.9 Å². The Balaban J connectivity index is 1.82. The van der Waals surface area contributed by atoms with Gasteiger partial charge in [-0.2, -0.15) is 0 Å².